The van der Waals surface area contributed by atoms with E-state index in [1.54, 1.807) is 76.3 Å². The van der Waals surface area contributed by atoms with Crippen LogP contribution in [0.4, 0.5) is 5.69 Å². The molecule has 422 valence electrons. The summed E-state index contributed by atoms with van der Waals surface area (Å²) in [4.78, 5) is 39.0. The van der Waals surface area contributed by atoms with E-state index in [0.717, 1.165) is 12.1 Å². The molecule has 2 aliphatic heterocycles. The van der Waals surface area contributed by atoms with E-state index in [4.69, 9.17) is 14.3 Å². The number of amides is 2. The summed E-state index contributed by atoms with van der Waals surface area (Å²) in [5.74, 6) is -2.76. The van der Waals surface area contributed by atoms with E-state index in [1.165, 1.54) is 18.2 Å². The van der Waals surface area contributed by atoms with Crippen molar-refractivity contribution in [2.24, 2.45) is 0 Å². The van der Waals surface area contributed by atoms with E-state index < -0.39 is 105 Å². The molecular weight excluding hydrogens is 1120 g/mol. The van der Waals surface area contributed by atoms with Crippen molar-refractivity contribution in [3.05, 3.63) is 126 Å². The Morgan fingerprint density at radius 1 is 0.692 bits per heavy atom. The fourth-order valence-electron chi connectivity index (χ4n) is 9.51. The SMILES string of the molecule is C=C(/C=C/C=C/C=C/C=C1/N(CCOCCOCCC(=O)ON2C(=O)CCC2=O)c2ccc3c(S(=O)(=O)O)cc(S(=O)(=O)O)cc3c2C1(C)C)C(C)(CCCS(=O)(=O)O)c1c(C)ccc2c(S(=O)(=O)O)cc(S(=O)(=O)O)cc12. The van der Waals surface area contributed by atoms with Crippen LogP contribution in [-0.4, -0.2) is 126 Å². The van der Waals surface area contributed by atoms with Crippen molar-refractivity contribution in [2.75, 3.05) is 43.6 Å². The van der Waals surface area contributed by atoms with E-state index in [1.807, 2.05) is 4.90 Å². The second kappa shape index (κ2) is 23.4. The van der Waals surface area contributed by atoms with Gasteiger partial charge in [-0.3, -0.25) is 32.4 Å². The number of fused-ring (bicyclic) bond motifs is 4. The molecule has 1 unspecified atom stereocenters. The summed E-state index contributed by atoms with van der Waals surface area (Å²) in [6.45, 7) is 11.3. The fraction of sp³-hybridized carbons (Fsp3) is 0.340. The number of carbonyl (C=O) groups excluding carboxylic acids is 3. The minimum atomic E-state index is -5.07. The van der Waals surface area contributed by atoms with E-state index in [2.05, 4.69) is 6.58 Å². The zero-order valence-electron chi connectivity index (χ0n) is 42.3. The Balaban J connectivity index is 1.28. The lowest BCUT2D eigenvalue weighted by Crippen LogP contribution is -2.32. The maximum Gasteiger partial charge on any atom is 0.335 e. The lowest BCUT2D eigenvalue weighted by Gasteiger charge is -2.34. The molecule has 23 nitrogen and oxygen atoms in total. The molecule has 4 aromatic carbocycles. The van der Waals surface area contributed by atoms with Crippen LogP contribution in [0.15, 0.2) is 128 Å². The average Bonchev–Trinajstić information content (AvgIpc) is 4.00. The summed E-state index contributed by atoms with van der Waals surface area (Å²) in [7, 11) is -24.6. The molecule has 2 aliphatic rings. The first-order chi connectivity index (χ1) is 36.1. The highest BCUT2D eigenvalue weighted by Gasteiger charge is 2.42. The van der Waals surface area contributed by atoms with Crippen LogP contribution in [0.5, 0.6) is 0 Å². The highest BCUT2D eigenvalue weighted by molar-refractivity contribution is 7.87. The number of benzene rings is 4. The van der Waals surface area contributed by atoms with Gasteiger partial charge >= 0.3 is 5.97 Å². The number of allylic oxidation sites excluding steroid dienone is 9. The van der Waals surface area contributed by atoms with Crippen LogP contribution in [0.25, 0.3) is 21.5 Å². The van der Waals surface area contributed by atoms with Gasteiger partial charge in [0.05, 0.1) is 48.4 Å². The number of imide groups is 1. The molecule has 78 heavy (non-hydrogen) atoms. The summed E-state index contributed by atoms with van der Waals surface area (Å²) < 4.78 is 185. The van der Waals surface area contributed by atoms with E-state index in [-0.39, 0.29) is 92.2 Å². The second-order valence-corrected chi connectivity index (χ2v) is 26.1. The third-order valence-electron chi connectivity index (χ3n) is 13.1. The maximum atomic E-state index is 12.6. The lowest BCUT2D eigenvalue weighted by atomic mass is 9.70. The van der Waals surface area contributed by atoms with Crippen LogP contribution >= 0.6 is 0 Å². The van der Waals surface area contributed by atoms with Gasteiger partial charge in [-0.15, -0.1) is 5.06 Å². The Bertz CT molecular complexity index is 3810. The van der Waals surface area contributed by atoms with Crippen LogP contribution in [0.2, 0.25) is 0 Å². The quantitative estimate of drug-likeness (QED) is 0.0227. The van der Waals surface area contributed by atoms with Gasteiger partial charge in [0, 0.05) is 52.4 Å². The smallest absolute Gasteiger partial charge is 0.335 e. The lowest BCUT2D eigenvalue weighted by molar-refractivity contribution is -0.198. The van der Waals surface area contributed by atoms with Gasteiger partial charge in [0.25, 0.3) is 62.4 Å². The monoisotopic (exact) mass is 1180 g/mol. The van der Waals surface area contributed by atoms with Crippen LogP contribution in [0.3, 0.4) is 0 Å². The number of aryl methyl sites for hydroxylation is 1. The van der Waals surface area contributed by atoms with Gasteiger partial charge in [0.1, 0.15) is 9.79 Å². The normalized spacial score (nSPS) is 16.9. The molecule has 0 aliphatic carbocycles. The number of hydrogen-bond donors (Lipinski definition) is 5. The molecule has 2 heterocycles. The Labute approximate surface area is 451 Å². The number of hydroxylamine groups is 2. The highest BCUT2D eigenvalue weighted by atomic mass is 32.2. The number of hydrogen-bond acceptors (Lipinski definition) is 17. The molecule has 5 N–H and O–H groups in total. The Morgan fingerprint density at radius 2 is 1.22 bits per heavy atom. The number of carbonyl (C=O) groups is 3. The van der Waals surface area contributed by atoms with Gasteiger partial charge in [0.15, 0.2) is 0 Å². The predicted molar refractivity (Wildman–Crippen MR) is 283 cm³/mol. The largest absolute Gasteiger partial charge is 0.378 e. The van der Waals surface area contributed by atoms with Crippen LogP contribution < -0.4 is 4.90 Å². The van der Waals surface area contributed by atoms with Crippen LogP contribution in [0.1, 0.15) is 69.6 Å². The van der Waals surface area contributed by atoms with Crippen molar-refractivity contribution >= 4 is 95.6 Å². The minimum Gasteiger partial charge on any atom is -0.378 e. The Morgan fingerprint density at radius 3 is 1.78 bits per heavy atom. The van der Waals surface area contributed by atoms with Crippen molar-refractivity contribution in [1.82, 2.24) is 5.06 Å². The zero-order valence-corrected chi connectivity index (χ0v) is 46.4. The van der Waals surface area contributed by atoms with Crippen LogP contribution in [-0.2, 0) is 90.1 Å². The first kappa shape index (κ1) is 61.2. The number of rotatable bonds is 24. The summed E-state index contributed by atoms with van der Waals surface area (Å²) >= 11 is 0. The standard InChI is InChI=1S/C50H56N2O21S5/c1-32-14-15-36-38(28-34(75(59,60)61)30-41(36)77(65,66)67)47(32)50(5,21-11-27-74(56,57)58)33(2)12-9-7-6-8-10-13-43-49(3,4)48-39-29-35(76(62,63)64)31-42(78(68,69)70)37(39)16-17-40(48)51(43)22-24-72-26-25-71-23-20-46(55)73-52-44(53)18-19-45(52)54/h6-10,12-17,28-31H,2,11,18-27H2,1,3-5H3,(H,56,57,58)(H,59,60,61)(H,62,63,64)(H,65,66,67)(H,68,69,70)/b7-6+,10-8+,12-9+,43-13+. The third-order valence-corrected chi connectivity index (χ3v) is 17.4. The molecule has 2 amide bonds. The van der Waals surface area contributed by atoms with Crippen molar-refractivity contribution in [1.29, 1.82) is 0 Å². The van der Waals surface area contributed by atoms with Crippen LogP contribution in [0, 0.1) is 6.92 Å². The topological polar surface area (TPSA) is 357 Å². The minimum absolute atomic E-state index is 0.0172. The molecule has 0 saturated carbocycles. The molecule has 1 fully saturated rings. The van der Waals surface area contributed by atoms with Gasteiger partial charge in [-0.2, -0.15) is 42.1 Å². The number of anilines is 1. The molecular formula is C50H56N2O21S5. The van der Waals surface area contributed by atoms with Gasteiger partial charge < -0.3 is 19.2 Å². The third kappa shape index (κ3) is 14.0. The van der Waals surface area contributed by atoms with Gasteiger partial charge in [0.2, 0.25) is 0 Å². The number of ether oxygens (including phenoxy) is 2. The fourth-order valence-corrected chi connectivity index (χ4v) is 12.7. The Hall–Kier alpha value is -6.02. The van der Waals surface area contributed by atoms with Crippen molar-refractivity contribution in [3.8, 4) is 0 Å². The first-order valence-electron chi connectivity index (χ1n) is 23.5. The summed E-state index contributed by atoms with van der Waals surface area (Å²) in [6.07, 6.45) is 10.8. The molecule has 0 bridgehead atoms. The average molecular weight is 1180 g/mol. The molecule has 1 saturated heterocycles. The number of nitrogens with zero attached hydrogens (tertiary/aromatic N) is 2. The van der Waals surface area contributed by atoms with Crippen molar-refractivity contribution in [2.45, 2.75) is 90.2 Å². The maximum absolute atomic E-state index is 12.6. The summed E-state index contributed by atoms with van der Waals surface area (Å²) in [6, 6.07) is 9.23. The molecule has 6 rings (SSSR count). The second-order valence-electron chi connectivity index (χ2n) is 18.9. The van der Waals surface area contributed by atoms with E-state index in [0.29, 0.717) is 45.3 Å². The molecule has 0 radical (unpaired) electrons. The zero-order chi connectivity index (χ0) is 58.0. The van der Waals surface area contributed by atoms with E-state index >= 15 is 0 Å². The molecule has 4 aromatic rings. The Kier molecular flexibility index (Phi) is 18.3. The molecule has 28 heteroatoms. The summed E-state index contributed by atoms with van der Waals surface area (Å²) in [5.41, 5.74) is 0.221. The van der Waals surface area contributed by atoms with Gasteiger partial charge in [-0.1, -0.05) is 82.0 Å². The summed E-state index contributed by atoms with van der Waals surface area (Å²) in [5, 5.41) is 0.367. The molecule has 1 atom stereocenters. The predicted octanol–water partition coefficient (Wildman–Crippen LogP) is 6.15. The molecule has 0 spiro atoms. The van der Waals surface area contributed by atoms with Crippen molar-refractivity contribution < 1.29 is 93.5 Å². The van der Waals surface area contributed by atoms with E-state index in [9.17, 15) is 79.2 Å². The van der Waals surface area contributed by atoms with Gasteiger partial charge in [-0.05, 0) is 89.2 Å². The highest BCUT2D eigenvalue weighted by Crippen LogP contribution is 2.52. The molecule has 0 aromatic heterocycles. The first-order valence-corrected chi connectivity index (χ1v) is 30.9. The van der Waals surface area contributed by atoms with Crippen molar-refractivity contribution in [3.63, 3.8) is 0 Å². The van der Waals surface area contributed by atoms with Gasteiger partial charge in [-0.25, -0.2) is 4.79 Å².